The Kier molecular flexibility index (Phi) is 11.0. The van der Waals surface area contributed by atoms with Gasteiger partial charge in [-0.2, -0.15) is 0 Å². The summed E-state index contributed by atoms with van der Waals surface area (Å²) in [4.78, 5) is 115. The summed E-state index contributed by atoms with van der Waals surface area (Å²) in [6, 6.07) is 7.73. The maximum Gasteiger partial charge on any atom is 0.407 e. The smallest absolute Gasteiger partial charge is 0.407 e. The molecule has 50 heavy (non-hydrogen) atoms. The fraction of sp³-hybridized carbons (Fsp3) is 0.432. The van der Waals surface area contributed by atoms with E-state index in [9.17, 15) is 43.2 Å². The van der Waals surface area contributed by atoms with Gasteiger partial charge < -0.3 is 20.1 Å². The van der Waals surface area contributed by atoms with Crippen molar-refractivity contribution < 1.29 is 52.6 Å². The highest BCUT2D eigenvalue weighted by Gasteiger charge is 2.44. The van der Waals surface area contributed by atoms with E-state index in [2.05, 4.69) is 10.6 Å². The number of carbonyl (C=O) groups excluding carboxylic acids is 9. The van der Waals surface area contributed by atoms with Crippen LogP contribution in [-0.2, 0) is 19.1 Å². The Labute approximate surface area is 288 Å². The largest absolute Gasteiger partial charge is 0.444 e. The minimum atomic E-state index is -1.55. The van der Waals surface area contributed by atoms with Gasteiger partial charge in [0.1, 0.15) is 23.0 Å². The van der Waals surface area contributed by atoms with Crippen molar-refractivity contribution in [2.75, 3.05) is 13.1 Å². The number of Topliss-reactive ketones (excluding diaryl/α,β-unsaturated/α-hetero) is 6. The maximum absolute atomic E-state index is 13.5. The number of hydrogen-bond acceptors (Lipinski definition) is 11. The quantitative estimate of drug-likeness (QED) is 0.179. The van der Waals surface area contributed by atoms with Gasteiger partial charge in [-0.25, -0.2) is 9.59 Å². The molecule has 2 aliphatic carbocycles. The first-order chi connectivity index (χ1) is 23.3. The van der Waals surface area contributed by atoms with Gasteiger partial charge in [0.15, 0.2) is 40.5 Å². The third kappa shape index (κ3) is 8.63. The molecular weight excluding hydrogens is 648 g/mol. The van der Waals surface area contributed by atoms with Crippen LogP contribution in [0.4, 0.5) is 9.59 Å². The summed E-state index contributed by atoms with van der Waals surface area (Å²) >= 11 is 0. The van der Waals surface area contributed by atoms with Gasteiger partial charge in [0.2, 0.25) is 0 Å². The van der Waals surface area contributed by atoms with Crippen LogP contribution in [0.3, 0.4) is 0 Å². The SMILES string of the molecule is CC(C)(C)OC(=O)NCCCC(=O)C1C(=O)c2ccc(C(=O)c3ccc4c(c3)C(=O)C(C(=O)CCCNC(=O)OC(C)(C)C)C4=O)cc2C1=O. The molecule has 264 valence electrons. The molecule has 4 rings (SSSR count). The lowest BCUT2D eigenvalue weighted by molar-refractivity contribution is -0.121. The van der Waals surface area contributed by atoms with E-state index in [4.69, 9.17) is 9.47 Å². The van der Waals surface area contributed by atoms with Crippen molar-refractivity contribution in [3.63, 3.8) is 0 Å². The molecule has 2 unspecified atom stereocenters. The van der Waals surface area contributed by atoms with Gasteiger partial charge in [0.05, 0.1) is 0 Å². The van der Waals surface area contributed by atoms with Crippen molar-refractivity contribution in [1.82, 2.24) is 10.6 Å². The predicted molar refractivity (Wildman–Crippen MR) is 178 cm³/mol. The Morgan fingerprint density at radius 2 is 0.900 bits per heavy atom. The molecule has 0 saturated carbocycles. The van der Waals surface area contributed by atoms with Crippen LogP contribution >= 0.6 is 0 Å². The first-order valence-corrected chi connectivity index (χ1v) is 16.3. The second kappa shape index (κ2) is 14.7. The standard InChI is InChI=1S/C37H40N2O11/c1-36(2,3)49-34(47)38-15-7-9-25(40)27-30(43)21-13-11-19(17-23(21)32(27)45)29(42)20-12-14-22-24(18-20)33(46)28(31(22)44)26(41)10-8-16-39-35(48)50-37(4,5)6/h11-14,17-18,27-28H,7-10,15-16H2,1-6H3,(H,38,47)(H,39,48). The van der Waals surface area contributed by atoms with Crippen LogP contribution in [0, 0.1) is 11.8 Å². The summed E-state index contributed by atoms with van der Waals surface area (Å²) in [7, 11) is 0. The molecule has 0 fully saturated rings. The molecule has 2 aromatic rings. The van der Waals surface area contributed by atoms with E-state index >= 15 is 0 Å². The maximum atomic E-state index is 13.5. The van der Waals surface area contributed by atoms with Gasteiger partial charge in [-0.05, 0) is 78.6 Å². The number of benzene rings is 2. The van der Waals surface area contributed by atoms with Crippen molar-refractivity contribution in [3.05, 3.63) is 69.8 Å². The second-order valence-corrected chi connectivity index (χ2v) is 14.2. The molecule has 0 heterocycles. The number of fused-ring (bicyclic) bond motifs is 2. The zero-order valence-corrected chi connectivity index (χ0v) is 28.9. The van der Waals surface area contributed by atoms with Gasteiger partial charge >= 0.3 is 12.2 Å². The summed E-state index contributed by atoms with van der Waals surface area (Å²) < 4.78 is 10.3. The van der Waals surface area contributed by atoms with E-state index in [0.29, 0.717) is 0 Å². The molecule has 2 N–H and O–H groups in total. The lowest BCUT2D eigenvalue weighted by atomic mass is 9.95. The van der Waals surface area contributed by atoms with Crippen LogP contribution in [0.5, 0.6) is 0 Å². The normalized spacial score (nSPS) is 16.8. The molecular formula is C37H40N2O11. The first kappa shape index (κ1) is 37.5. The zero-order chi connectivity index (χ0) is 37.1. The van der Waals surface area contributed by atoms with Gasteiger partial charge in [0.25, 0.3) is 0 Å². The topological polar surface area (TPSA) is 196 Å². The molecule has 0 radical (unpaired) electrons. The highest BCUT2D eigenvalue weighted by Crippen LogP contribution is 2.32. The number of ketones is 7. The summed E-state index contributed by atoms with van der Waals surface area (Å²) in [5.74, 6) is -7.75. The molecule has 0 saturated heterocycles. The van der Waals surface area contributed by atoms with Crippen LogP contribution in [0.25, 0.3) is 0 Å². The van der Waals surface area contributed by atoms with E-state index in [1.54, 1.807) is 41.5 Å². The molecule has 0 aliphatic heterocycles. The Morgan fingerprint density at radius 3 is 1.24 bits per heavy atom. The van der Waals surface area contributed by atoms with Crippen molar-refractivity contribution in [2.45, 2.75) is 78.4 Å². The third-order valence-corrected chi connectivity index (χ3v) is 7.85. The predicted octanol–water partition coefficient (Wildman–Crippen LogP) is 4.66. The highest BCUT2D eigenvalue weighted by molar-refractivity contribution is 6.37. The summed E-state index contributed by atoms with van der Waals surface area (Å²) in [6.07, 6.45) is -1.26. The van der Waals surface area contributed by atoms with Gasteiger partial charge in [-0.3, -0.25) is 33.6 Å². The molecule has 0 spiro atoms. The molecule has 2 atom stereocenters. The lowest BCUT2D eigenvalue weighted by Crippen LogP contribution is -2.33. The van der Waals surface area contributed by atoms with E-state index < -0.39 is 75.7 Å². The average Bonchev–Trinajstić information content (AvgIpc) is 3.42. The van der Waals surface area contributed by atoms with Gasteiger partial charge in [0, 0.05) is 59.3 Å². The summed E-state index contributed by atoms with van der Waals surface area (Å²) in [6.45, 7) is 10.4. The molecule has 0 aromatic heterocycles. The van der Waals surface area contributed by atoms with Crippen LogP contribution in [0.15, 0.2) is 36.4 Å². The van der Waals surface area contributed by atoms with E-state index in [0.717, 1.165) is 0 Å². The number of ether oxygens (including phenoxy) is 2. The molecule has 13 nitrogen and oxygen atoms in total. The number of rotatable bonds is 12. The van der Waals surface area contributed by atoms with Crippen LogP contribution < -0.4 is 10.6 Å². The molecule has 2 aromatic carbocycles. The van der Waals surface area contributed by atoms with Crippen LogP contribution in [0.2, 0.25) is 0 Å². The Balaban J connectivity index is 1.38. The van der Waals surface area contributed by atoms with Crippen molar-refractivity contribution in [1.29, 1.82) is 0 Å². The minimum absolute atomic E-state index is 0.00848. The average molecular weight is 689 g/mol. The molecule has 2 aliphatic rings. The number of amides is 2. The first-order valence-electron chi connectivity index (χ1n) is 16.3. The number of hydrogen-bond donors (Lipinski definition) is 2. The molecule has 2 amide bonds. The number of carbonyl (C=O) groups is 9. The second-order valence-electron chi connectivity index (χ2n) is 14.2. The highest BCUT2D eigenvalue weighted by atomic mass is 16.6. The monoisotopic (exact) mass is 688 g/mol. The van der Waals surface area contributed by atoms with Crippen molar-refractivity contribution in [2.24, 2.45) is 11.8 Å². The van der Waals surface area contributed by atoms with Crippen molar-refractivity contribution >= 4 is 52.7 Å². The van der Waals surface area contributed by atoms with E-state index in [-0.39, 0.29) is 72.2 Å². The van der Waals surface area contributed by atoms with Crippen LogP contribution in [-0.4, -0.2) is 77.0 Å². The summed E-state index contributed by atoms with van der Waals surface area (Å²) in [5.41, 5.74) is -1.50. The molecule has 13 heteroatoms. The third-order valence-electron chi connectivity index (χ3n) is 7.85. The van der Waals surface area contributed by atoms with Gasteiger partial charge in [-0.15, -0.1) is 0 Å². The number of nitrogens with one attached hydrogen (secondary N) is 2. The van der Waals surface area contributed by atoms with Crippen molar-refractivity contribution in [3.8, 4) is 0 Å². The minimum Gasteiger partial charge on any atom is -0.444 e. The zero-order valence-electron chi connectivity index (χ0n) is 28.9. The van der Waals surface area contributed by atoms with Crippen LogP contribution in [0.1, 0.15) is 125 Å². The Bertz CT molecular complexity index is 1680. The van der Waals surface area contributed by atoms with E-state index in [1.165, 1.54) is 36.4 Å². The Hall–Kier alpha value is -5.33. The Morgan fingerprint density at radius 1 is 0.560 bits per heavy atom. The fourth-order valence-electron chi connectivity index (χ4n) is 5.64. The number of alkyl carbamates (subject to hydrolysis) is 2. The van der Waals surface area contributed by atoms with Gasteiger partial charge in [-0.1, -0.05) is 12.1 Å². The van der Waals surface area contributed by atoms with E-state index in [1.807, 2.05) is 0 Å². The summed E-state index contributed by atoms with van der Waals surface area (Å²) in [5, 5.41) is 5.03. The molecule has 0 bridgehead atoms. The fourth-order valence-corrected chi connectivity index (χ4v) is 5.64. The lowest BCUT2D eigenvalue weighted by Gasteiger charge is -2.19.